The maximum atomic E-state index is 12.7. The zero-order valence-electron chi connectivity index (χ0n) is 11.6. The van der Waals surface area contributed by atoms with Gasteiger partial charge < -0.3 is 5.32 Å². The van der Waals surface area contributed by atoms with Crippen LogP contribution in [0.5, 0.6) is 0 Å². The fourth-order valence-electron chi connectivity index (χ4n) is 2.54. The first-order valence-corrected chi connectivity index (χ1v) is 7.61. The van der Waals surface area contributed by atoms with Gasteiger partial charge in [0.05, 0.1) is 5.41 Å². The minimum atomic E-state index is -0.445. The highest BCUT2D eigenvalue weighted by Crippen LogP contribution is 2.49. The van der Waals surface area contributed by atoms with Gasteiger partial charge in [0.2, 0.25) is 5.91 Å². The van der Waals surface area contributed by atoms with Crippen molar-refractivity contribution >= 4 is 34.8 Å². The van der Waals surface area contributed by atoms with Crippen molar-refractivity contribution in [2.45, 2.75) is 25.2 Å². The highest BCUT2D eigenvalue weighted by atomic mass is 35.5. The molecule has 108 valence electrons. The normalized spacial score (nSPS) is 15.6. The van der Waals surface area contributed by atoms with E-state index >= 15 is 0 Å². The zero-order valence-corrected chi connectivity index (χ0v) is 13.1. The number of nitrogens with one attached hydrogen (secondary N) is 1. The summed E-state index contributed by atoms with van der Waals surface area (Å²) in [5, 5.41) is 4.32. The van der Waals surface area contributed by atoms with Crippen molar-refractivity contribution in [1.82, 2.24) is 0 Å². The first-order chi connectivity index (χ1) is 10.0. The molecule has 0 spiro atoms. The lowest BCUT2D eigenvalue weighted by atomic mass is 9.95. The Bertz CT molecular complexity index is 708. The van der Waals surface area contributed by atoms with Crippen molar-refractivity contribution in [3.63, 3.8) is 0 Å². The summed E-state index contributed by atoms with van der Waals surface area (Å²) in [7, 11) is 0. The van der Waals surface area contributed by atoms with E-state index in [-0.39, 0.29) is 5.91 Å². The Kier molecular flexibility index (Phi) is 3.68. The van der Waals surface area contributed by atoms with Gasteiger partial charge >= 0.3 is 0 Å². The number of hydrogen-bond acceptors (Lipinski definition) is 1. The third kappa shape index (κ3) is 2.66. The molecule has 2 aromatic carbocycles. The molecule has 0 bridgehead atoms. The van der Waals surface area contributed by atoms with Crippen molar-refractivity contribution < 1.29 is 4.79 Å². The third-order valence-corrected chi connectivity index (χ3v) is 4.72. The van der Waals surface area contributed by atoms with Gasteiger partial charge in [-0.05, 0) is 55.2 Å². The molecule has 4 heteroatoms. The lowest BCUT2D eigenvalue weighted by molar-refractivity contribution is -0.118. The van der Waals surface area contributed by atoms with E-state index in [4.69, 9.17) is 23.2 Å². The Morgan fingerprint density at radius 2 is 1.86 bits per heavy atom. The topological polar surface area (TPSA) is 29.1 Å². The van der Waals surface area contributed by atoms with Crippen LogP contribution in [0.1, 0.15) is 24.0 Å². The zero-order chi connectivity index (χ0) is 15.0. The summed E-state index contributed by atoms with van der Waals surface area (Å²) in [4.78, 5) is 12.7. The van der Waals surface area contributed by atoms with E-state index in [0.717, 1.165) is 29.7 Å². The van der Waals surface area contributed by atoms with E-state index in [1.807, 2.05) is 49.4 Å². The Morgan fingerprint density at radius 3 is 2.52 bits per heavy atom. The molecule has 0 radical (unpaired) electrons. The average molecular weight is 320 g/mol. The number of hydrogen-bond donors (Lipinski definition) is 1. The van der Waals surface area contributed by atoms with E-state index in [1.54, 1.807) is 0 Å². The van der Waals surface area contributed by atoms with Crippen LogP contribution in [0.3, 0.4) is 0 Å². The maximum Gasteiger partial charge on any atom is 0.235 e. The summed E-state index contributed by atoms with van der Waals surface area (Å²) in [6.45, 7) is 1.90. The van der Waals surface area contributed by atoms with Gasteiger partial charge in [0.25, 0.3) is 0 Å². The molecule has 0 saturated heterocycles. The van der Waals surface area contributed by atoms with E-state index in [2.05, 4.69) is 5.32 Å². The van der Waals surface area contributed by atoms with Crippen LogP contribution in [0.2, 0.25) is 10.0 Å². The molecule has 0 aliphatic heterocycles. The van der Waals surface area contributed by atoms with Crippen LogP contribution in [-0.4, -0.2) is 5.91 Å². The predicted molar refractivity (Wildman–Crippen MR) is 87.2 cm³/mol. The molecule has 1 saturated carbocycles. The van der Waals surface area contributed by atoms with Crippen molar-refractivity contribution in [2.75, 3.05) is 5.32 Å². The van der Waals surface area contributed by atoms with Gasteiger partial charge in [-0.1, -0.05) is 41.4 Å². The molecule has 2 aromatic rings. The summed E-state index contributed by atoms with van der Waals surface area (Å²) >= 11 is 12.1. The van der Waals surface area contributed by atoms with Gasteiger partial charge in [0, 0.05) is 15.7 Å². The lowest BCUT2D eigenvalue weighted by Crippen LogP contribution is -2.28. The molecule has 0 atom stereocenters. The molecular formula is C17H15Cl2NO. The van der Waals surface area contributed by atoms with Crippen LogP contribution >= 0.6 is 23.2 Å². The molecule has 1 aliphatic rings. The molecule has 21 heavy (non-hydrogen) atoms. The summed E-state index contributed by atoms with van der Waals surface area (Å²) in [5.41, 5.74) is 2.18. The number of carbonyl (C=O) groups is 1. The SMILES string of the molecule is Cc1c(Cl)cccc1NC(=O)C1(c2cccc(Cl)c2)CC1. The van der Waals surface area contributed by atoms with Gasteiger partial charge in [-0.3, -0.25) is 4.79 Å². The molecule has 0 aromatic heterocycles. The summed E-state index contributed by atoms with van der Waals surface area (Å²) in [6.07, 6.45) is 1.69. The molecule has 1 N–H and O–H groups in total. The molecule has 2 nitrogen and oxygen atoms in total. The largest absolute Gasteiger partial charge is 0.325 e. The summed E-state index contributed by atoms with van der Waals surface area (Å²) in [5.74, 6) is 0.00938. The van der Waals surface area contributed by atoms with Crippen LogP contribution in [0.4, 0.5) is 5.69 Å². The van der Waals surface area contributed by atoms with Crippen LogP contribution in [0, 0.1) is 6.92 Å². The number of amides is 1. The second kappa shape index (κ2) is 5.36. The predicted octanol–water partition coefficient (Wildman–Crippen LogP) is 4.97. The van der Waals surface area contributed by atoms with Gasteiger partial charge in [0.1, 0.15) is 0 Å². The van der Waals surface area contributed by atoms with Gasteiger partial charge in [-0.25, -0.2) is 0 Å². The monoisotopic (exact) mass is 319 g/mol. The number of anilines is 1. The van der Waals surface area contributed by atoms with Crippen LogP contribution in [0.15, 0.2) is 42.5 Å². The van der Waals surface area contributed by atoms with Crippen LogP contribution < -0.4 is 5.32 Å². The van der Waals surface area contributed by atoms with Gasteiger partial charge in [-0.15, -0.1) is 0 Å². The van der Waals surface area contributed by atoms with Crippen molar-refractivity contribution in [3.05, 3.63) is 63.6 Å². The molecular weight excluding hydrogens is 305 g/mol. The highest BCUT2D eigenvalue weighted by molar-refractivity contribution is 6.32. The van der Waals surface area contributed by atoms with Crippen LogP contribution in [0.25, 0.3) is 0 Å². The Balaban J connectivity index is 1.87. The quantitative estimate of drug-likeness (QED) is 0.850. The maximum absolute atomic E-state index is 12.7. The fourth-order valence-corrected chi connectivity index (χ4v) is 2.91. The number of halogens is 2. The first-order valence-electron chi connectivity index (χ1n) is 6.85. The van der Waals surface area contributed by atoms with Gasteiger partial charge in [0.15, 0.2) is 0 Å². The average Bonchev–Trinajstić information content (AvgIpc) is 3.25. The highest BCUT2D eigenvalue weighted by Gasteiger charge is 2.51. The van der Waals surface area contributed by atoms with Crippen molar-refractivity contribution in [1.29, 1.82) is 0 Å². The Labute approximate surface area is 134 Å². The molecule has 1 fully saturated rings. The molecule has 0 heterocycles. The smallest absolute Gasteiger partial charge is 0.235 e. The van der Waals surface area contributed by atoms with Crippen LogP contribution in [-0.2, 0) is 10.2 Å². The molecule has 3 rings (SSSR count). The first kappa shape index (κ1) is 14.4. The van der Waals surface area contributed by atoms with Crippen molar-refractivity contribution in [3.8, 4) is 0 Å². The summed E-state index contributed by atoms with van der Waals surface area (Å²) < 4.78 is 0. The second-order valence-corrected chi connectivity index (χ2v) is 6.30. The fraction of sp³-hybridized carbons (Fsp3) is 0.235. The minimum absolute atomic E-state index is 0.00938. The van der Waals surface area contributed by atoms with E-state index in [0.29, 0.717) is 10.0 Å². The Morgan fingerprint density at radius 1 is 1.14 bits per heavy atom. The Hall–Kier alpha value is -1.51. The van der Waals surface area contributed by atoms with E-state index in [9.17, 15) is 4.79 Å². The lowest BCUT2D eigenvalue weighted by Gasteiger charge is -2.17. The summed E-state index contributed by atoms with van der Waals surface area (Å²) in [6, 6.07) is 13.1. The number of benzene rings is 2. The van der Waals surface area contributed by atoms with Crippen molar-refractivity contribution in [2.24, 2.45) is 0 Å². The van der Waals surface area contributed by atoms with E-state index < -0.39 is 5.41 Å². The molecule has 0 unspecified atom stereocenters. The second-order valence-electron chi connectivity index (χ2n) is 5.46. The minimum Gasteiger partial charge on any atom is -0.325 e. The number of rotatable bonds is 3. The van der Waals surface area contributed by atoms with E-state index in [1.165, 1.54) is 0 Å². The molecule has 1 amide bonds. The number of carbonyl (C=O) groups excluding carboxylic acids is 1. The molecule has 1 aliphatic carbocycles. The standard InChI is InChI=1S/C17H15Cl2NO/c1-11-14(19)6-3-7-15(11)20-16(21)17(8-9-17)12-4-2-5-13(18)10-12/h2-7,10H,8-9H2,1H3,(H,20,21). The third-order valence-electron chi connectivity index (χ3n) is 4.08. The van der Waals surface area contributed by atoms with Gasteiger partial charge in [-0.2, -0.15) is 0 Å².